The van der Waals surface area contributed by atoms with Crippen LogP contribution in [0.3, 0.4) is 0 Å². The number of rotatable bonds is 40. The molecule has 0 heterocycles. The first-order valence-corrected chi connectivity index (χ1v) is 22.9. The van der Waals surface area contributed by atoms with Gasteiger partial charge in [-0.25, -0.2) is 9.36 Å². The fourth-order valence-corrected chi connectivity index (χ4v) is 6.65. The minimum Gasteiger partial charge on any atom is -0.480 e. The Labute approximate surface area is 328 Å². The maximum absolute atomic E-state index is 12.3. The van der Waals surface area contributed by atoms with Gasteiger partial charge in [-0.2, -0.15) is 0 Å². The number of phosphoric ester groups is 1. The molecule has 0 aliphatic rings. The van der Waals surface area contributed by atoms with E-state index < -0.39 is 57.6 Å². The molecule has 4 N–H and O–H groups in total. The predicted molar refractivity (Wildman–Crippen MR) is 217 cm³/mol. The second-order valence-corrected chi connectivity index (χ2v) is 16.0. The van der Waals surface area contributed by atoms with Crippen molar-refractivity contribution in [3.8, 4) is 0 Å². The van der Waals surface area contributed by atoms with Gasteiger partial charge in [0.2, 0.25) is 5.91 Å². The van der Waals surface area contributed by atoms with Crippen LogP contribution in [0.1, 0.15) is 194 Å². The van der Waals surface area contributed by atoms with Gasteiger partial charge < -0.3 is 25.2 Å². The van der Waals surface area contributed by atoms with E-state index >= 15 is 0 Å². The van der Waals surface area contributed by atoms with Gasteiger partial charge in [-0.1, -0.05) is 160 Å². The van der Waals surface area contributed by atoms with Crippen LogP contribution in [0.25, 0.3) is 0 Å². The molecule has 0 saturated carbocycles. The molecule has 1 amide bonds. The Morgan fingerprint density at radius 1 is 0.593 bits per heavy atom. The quantitative estimate of drug-likeness (QED) is 0.0203. The number of carboxylic acids is 1. The summed E-state index contributed by atoms with van der Waals surface area (Å²) < 4.78 is 26.8. The average molecular weight is 788 g/mol. The van der Waals surface area contributed by atoms with Crippen LogP contribution in [0, 0.1) is 0 Å². The lowest BCUT2D eigenvalue weighted by Gasteiger charge is -2.18. The second-order valence-electron chi connectivity index (χ2n) is 14.5. The van der Waals surface area contributed by atoms with Crippen molar-refractivity contribution in [2.24, 2.45) is 0 Å². The molecule has 0 fully saturated rings. The lowest BCUT2D eigenvalue weighted by atomic mass is 10.0. The number of aliphatic hydroxyl groups excluding tert-OH is 1. The molecular weight excluding hydrogens is 709 g/mol. The zero-order valence-corrected chi connectivity index (χ0v) is 34.9. The number of allylic oxidation sites excluding steroid dienone is 4. The van der Waals surface area contributed by atoms with E-state index in [-0.39, 0.29) is 12.8 Å². The molecular formula is C42H78NO10P. The van der Waals surface area contributed by atoms with Crippen molar-refractivity contribution in [2.75, 3.05) is 19.8 Å². The smallest absolute Gasteiger partial charge is 0.472 e. The molecule has 0 aromatic carbocycles. The van der Waals surface area contributed by atoms with Gasteiger partial charge in [0.05, 0.1) is 13.2 Å². The summed E-state index contributed by atoms with van der Waals surface area (Å²) in [4.78, 5) is 45.8. The fraction of sp³-hybridized carbons (Fsp3) is 0.833. The topological polar surface area (TPSA) is 169 Å². The van der Waals surface area contributed by atoms with Gasteiger partial charge in [0, 0.05) is 12.8 Å². The molecule has 0 rings (SSSR count). The van der Waals surface area contributed by atoms with Crippen molar-refractivity contribution >= 4 is 25.7 Å². The highest BCUT2D eigenvalue weighted by atomic mass is 31.2. The summed E-state index contributed by atoms with van der Waals surface area (Å²) in [5.74, 6) is -2.37. The van der Waals surface area contributed by atoms with Crippen molar-refractivity contribution in [3.05, 3.63) is 24.3 Å². The van der Waals surface area contributed by atoms with Crippen LogP contribution in [-0.4, -0.2) is 64.9 Å². The molecule has 54 heavy (non-hydrogen) atoms. The number of phosphoric acid groups is 1. The summed E-state index contributed by atoms with van der Waals surface area (Å²) >= 11 is 0. The third kappa shape index (κ3) is 36.9. The van der Waals surface area contributed by atoms with Crippen LogP contribution >= 0.6 is 7.82 Å². The number of amides is 1. The first-order valence-electron chi connectivity index (χ1n) is 21.4. The normalized spacial score (nSPS) is 14.0. The molecule has 0 spiro atoms. The van der Waals surface area contributed by atoms with Crippen molar-refractivity contribution in [1.29, 1.82) is 0 Å². The van der Waals surface area contributed by atoms with Crippen LogP contribution in [0.5, 0.6) is 0 Å². The predicted octanol–water partition coefficient (Wildman–Crippen LogP) is 10.7. The largest absolute Gasteiger partial charge is 0.480 e. The van der Waals surface area contributed by atoms with Crippen molar-refractivity contribution in [3.63, 3.8) is 0 Å². The number of carbonyl (C=O) groups is 3. The van der Waals surface area contributed by atoms with Crippen LogP contribution in [0.2, 0.25) is 0 Å². The maximum atomic E-state index is 12.3. The molecule has 12 heteroatoms. The summed E-state index contributed by atoms with van der Waals surface area (Å²) in [5, 5.41) is 21.8. The number of carboxylic acid groups (broad SMARTS) is 1. The number of aliphatic carboxylic acids is 1. The molecule has 0 aliphatic heterocycles. The zero-order valence-electron chi connectivity index (χ0n) is 34.0. The van der Waals surface area contributed by atoms with Crippen LogP contribution < -0.4 is 5.32 Å². The Bertz CT molecular complexity index is 1020. The van der Waals surface area contributed by atoms with E-state index in [4.69, 9.17) is 13.8 Å². The molecule has 3 unspecified atom stereocenters. The standard InChI is InChI=1S/C42H78NO10P/c1-3-5-7-9-11-13-15-17-18-19-20-22-24-26-28-30-32-34-41(46)51-35-38(44)36-52-54(49,50)53-37-39(42(47)48)43-40(45)33-31-29-27-25-23-21-16-14-12-10-8-6-4-2/h11,13,17-18,38-39,44H,3-10,12,14-16,19-37H2,1-2H3,(H,43,45)(H,47,48)(H,49,50)/b13-11-,18-17-. The first-order chi connectivity index (χ1) is 26.1. The first kappa shape index (κ1) is 52.0. The Kier molecular flexibility index (Phi) is 36.4. The third-order valence-corrected chi connectivity index (χ3v) is 10.2. The van der Waals surface area contributed by atoms with Gasteiger partial charge in [-0.3, -0.25) is 18.6 Å². The summed E-state index contributed by atoms with van der Waals surface area (Å²) in [6, 6.07) is -1.54. The van der Waals surface area contributed by atoms with Gasteiger partial charge in [-0.05, 0) is 44.9 Å². The van der Waals surface area contributed by atoms with Crippen molar-refractivity contribution < 1.29 is 47.8 Å². The molecule has 0 aliphatic carbocycles. The molecule has 0 aromatic heterocycles. The Balaban J connectivity index is 3.90. The number of aliphatic hydroxyl groups is 1. The van der Waals surface area contributed by atoms with Gasteiger partial charge >= 0.3 is 19.8 Å². The monoisotopic (exact) mass is 788 g/mol. The Morgan fingerprint density at radius 2 is 1.02 bits per heavy atom. The Hall–Kier alpha value is -2.04. The maximum Gasteiger partial charge on any atom is 0.472 e. The van der Waals surface area contributed by atoms with Gasteiger partial charge in [0.1, 0.15) is 12.7 Å². The van der Waals surface area contributed by atoms with Gasteiger partial charge in [0.15, 0.2) is 6.04 Å². The second kappa shape index (κ2) is 37.9. The summed E-state index contributed by atoms with van der Waals surface area (Å²) in [6.07, 6.45) is 37.7. The van der Waals surface area contributed by atoms with E-state index in [0.29, 0.717) is 12.8 Å². The van der Waals surface area contributed by atoms with E-state index in [2.05, 4.69) is 43.5 Å². The summed E-state index contributed by atoms with van der Waals surface area (Å²) in [6.45, 7) is 2.56. The number of carbonyl (C=O) groups excluding carboxylic acids is 2. The van der Waals surface area contributed by atoms with Crippen molar-refractivity contribution in [2.45, 2.75) is 206 Å². The highest BCUT2D eigenvalue weighted by molar-refractivity contribution is 7.47. The van der Waals surface area contributed by atoms with E-state index in [1.54, 1.807) is 0 Å². The average Bonchev–Trinajstić information content (AvgIpc) is 3.14. The molecule has 316 valence electrons. The molecule has 0 saturated heterocycles. The molecule has 3 atom stereocenters. The van der Waals surface area contributed by atoms with Crippen LogP contribution in [0.4, 0.5) is 0 Å². The van der Waals surface area contributed by atoms with E-state index in [9.17, 15) is 34.1 Å². The minimum absolute atomic E-state index is 0.149. The van der Waals surface area contributed by atoms with Crippen LogP contribution in [0.15, 0.2) is 24.3 Å². The van der Waals surface area contributed by atoms with E-state index in [0.717, 1.165) is 51.4 Å². The number of hydrogen-bond acceptors (Lipinski definition) is 8. The number of ether oxygens (including phenoxy) is 1. The summed E-state index contributed by atoms with van der Waals surface area (Å²) in [7, 11) is -4.75. The van der Waals surface area contributed by atoms with E-state index in [1.165, 1.54) is 103 Å². The SMILES string of the molecule is CCCCC/C=C\C/C=C\CCCCCCCCCC(=O)OCC(O)COP(=O)(O)OCC(NC(=O)CCCCCCCCCCCCCCC)C(=O)O. The van der Waals surface area contributed by atoms with Gasteiger partial charge in [-0.15, -0.1) is 0 Å². The lowest BCUT2D eigenvalue weighted by Crippen LogP contribution is -2.43. The number of esters is 1. The minimum atomic E-state index is -4.75. The highest BCUT2D eigenvalue weighted by Crippen LogP contribution is 2.43. The molecule has 0 aromatic rings. The number of nitrogens with one attached hydrogen (secondary N) is 1. The van der Waals surface area contributed by atoms with E-state index in [1.807, 2.05) is 0 Å². The van der Waals surface area contributed by atoms with Crippen LogP contribution in [-0.2, 0) is 32.7 Å². The molecule has 0 bridgehead atoms. The Morgan fingerprint density at radius 3 is 1.54 bits per heavy atom. The highest BCUT2D eigenvalue weighted by Gasteiger charge is 2.28. The molecule has 0 radical (unpaired) electrons. The lowest BCUT2D eigenvalue weighted by molar-refractivity contribution is -0.147. The van der Waals surface area contributed by atoms with Crippen molar-refractivity contribution in [1.82, 2.24) is 5.32 Å². The zero-order chi connectivity index (χ0) is 40.0. The number of unbranched alkanes of at least 4 members (excludes halogenated alkanes) is 22. The summed E-state index contributed by atoms with van der Waals surface area (Å²) in [5.41, 5.74) is 0. The number of hydrogen-bond donors (Lipinski definition) is 4. The third-order valence-electron chi connectivity index (χ3n) is 9.24. The van der Waals surface area contributed by atoms with Gasteiger partial charge in [0.25, 0.3) is 0 Å². The fourth-order valence-electron chi connectivity index (χ4n) is 5.87. The molecule has 11 nitrogen and oxygen atoms in total.